The minimum atomic E-state index is -0.248. The molecular formula is C17H13BrClNO3. The molecule has 118 valence electrons. The fraction of sp³-hybridized carbons (Fsp3) is 0.118. The van der Waals surface area contributed by atoms with Crippen LogP contribution in [0, 0.1) is 0 Å². The van der Waals surface area contributed by atoms with Gasteiger partial charge < -0.3 is 14.8 Å². The van der Waals surface area contributed by atoms with Crippen molar-refractivity contribution in [2.75, 3.05) is 18.5 Å². The van der Waals surface area contributed by atoms with Gasteiger partial charge in [-0.25, -0.2) is 0 Å². The average molecular weight is 395 g/mol. The van der Waals surface area contributed by atoms with Gasteiger partial charge in [0.1, 0.15) is 13.2 Å². The summed E-state index contributed by atoms with van der Waals surface area (Å²) in [6.45, 7) is 1.02. The fourth-order valence-corrected chi connectivity index (χ4v) is 2.74. The van der Waals surface area contributed by atoms with Crippen molar-refractivity contribution in [3.8, 4) is 11.5 Å². The molecule has 1 amide bonds. The van der Waals surface area contributed by atoms with Gasteiger partial charge in [0.05, 0.1) is 5.69 Å². The maximum absolute atomic E-state index is 12.1. The zero-order valence-corrected chi connectivity index (χ0v) is 14.4. The number of nitrogens with one attached hydrogen (secondary N) is 1. The lowest BCUT2D eigenvalue weighted by molar-refractivity contribution is -0.111. The first-order valence-electron chi connectivity index (χ1n) is 6.95. The van der Waals surface area contributed by atoms with Crippen molar-refractivity contribution >= 4 is 45.2 Å². The lowest BCUT2D eigenvalue weighted by Crippen LogP contribution is -2.16. The molecule has 3 rings (SSSR count). The Morgan fingerprint density at radius 2 is 1.91 bits per heavy atom. The molecule has 2 aromatic carbocycles. The molecule has 1 aliphatic rings. The minimum absolute atomic E-state index is 0.248. The lowest BCUT2D eigenvalue weighted by Gasteiger charge is -2.19. The fourth-order valence-electron chi connectivity index (χ4n) is 2.12. The van der Waals surface area contributed by atoms with E-state index >= 15 is 0 Å². The van der Waals surface area contributed by atoms with Crippen molar-refractivity contribution in [2.24, 2.45) is 0 Å². The van der Waals surface area contributed by atoms with E-state index < -0.39 is 0 Å². The third-order valence-corrected chi connectivity index (χ3v) is 4.06. The topological polar surface area (TPSA) is 47.6 Å². The average Bonchev–Trinajstić information content (AvgIpc) is 2.54. The van der Waals surface area contributed by atoms with E-state index in [0.717, 1.165) is 10.0 Å². The molecule has 1 aliphatic heterocycles. The summed E-state index contributed by atoms with van der Waals surface area (Å²) in [5.74, 6) is 1.03. The number of fused-ring (bicyclic) bond motifs is 1. The summed E-state index contributed by atoms with van der Waals surface area (Å²) in [4.78, 5) is 12.1. The van der Waals surface area contributed by atoms with E-state index in [4.69, 9.17) is 21.1 Å². The van der Waals surface area contributed by atoms with E-state index in [9.17, 15) is 4.79 Å². The second-order valence-electron chi connectivity index (χ2n) is 4.85. The normalized spacial score (nSPS) is 13.1. The van der Waals surface area contributed by atoms with Gasteiger partial charge in [0, 0.05) is 27.7 Å². The van der Waals surface area contributed by atoms with Crippen LogP contribution in [0.1, 0.15) is 5.56 Å². The van der Waals surface area contributed by atoms with Gasteiger partial charge in [-0.15, -0.1) is 0 Å². The number of carbonyl (C=O) groups excluding carboxylic acids is 1. The number of benzene rings is 2. The molecule has 4 nitrogen and oxygen atoms in total. The maximum Gasteiger partial charge on any atom is 0.248 e. The van der Waals surface area contributed by atoms with Gasteiger partial charge in [-0.3, -0.25) is 4.79 Å². The van der Waals surface area contributed by atoms with E-state index in [2.05, 4.69) is 21.2 Å². The highest BCUT2D eigenvalue weighted by Gasteiger charge is 2.15. The van der Waals surface area contributed by atoms with Gasteiger partial charge in [0.2, 0.25) is 5.91 Å². The van der Waals surface area contributed by atoms with Crippen LogP contribution in [0.4, 0.5) is 5.69 Å². The van der Waals surface area contributed by atoms with Crippen LogP contribution in [0.25, 0.3) is 6.08 Å². The van der Waals surface area contributed by atoms with Crippen molar-refractivity contribution in [1.82, 2.24) is 0 Å². The summed E-state index contributed by atoms with van der Waals surface area (Å²) in [5, 5.41) is 3.43. The monoisotopic (exact) mass is 393 g/mol. The minimum Gasteiger partial charge on any atom is -0.486 e. The molecule has 0 aliphatic carbocycles. The number of rotatable bonds is 3. The zero-order valence-electron chi connectivity index (χ0n) is 12.0. The number of anilines is 1. The van der Waals surface area contributed by atoms with E-state index in [0.29, 0.717) is 35.4 Å². The van der Waals surface area contributed by atoms with E-state index in [1.165, 1.54) is 6.08 Å². The van der Waals surface area contributed by atoms with Crippen molar-refractivity contribution < 1.29 is 14.3 Å². The predicted octanol–water partition coefficient (Wildman–Crippen LogP) is 4.53. The number of hydrogen-bond acceptors (Lipinski definition) is 3. The Morgan fingerprint density at radius 1 is 1.17 bits per heavy atom. The van der Waals surface area contributed by atoms with Gasteiger partial charge in [0.15, 0.2) is 11.5 Å². The highest BCUT2D eigenvalue weighted by molar-refractivity contribution is 9.10. The van der Waals surface area contributed by atoms with Gasteiger partial charge in [0.25, 0.3) is 0 Å². The second-order valence-corrected chi connectivity index (χ2v) is 6.14. The van der Waals surface area contributed by atoms with Gasteiger partial charge in [-0.1, -0.05) is 23.7 Å². The summed E-state index contributed by atoms with van der Waals surface area (Å²) in [6, 6.07) is 10.8. The number of amides is 1. The first kappa shape index (κ1) is 15.9. The third kappa shape index (κ3) is 4.06. The molecule has 0 fully saturated rings. The number of hydrogen-bond donors (Lipinski definition) is 1. The Labute approximate surface area is 147 Å². The quantitative estimate of drug-likeness (QED) is 0.778. The van der Waals surface area contributed by atoms with Crippen LogP contribution >= 0.6 is 27.5 Å². The molecular weight excluding hydrogens is 382 g/mol. The molecule has 1 N–H and O–H groups in total. The molecule has 23 heavy (non-hydrogen) atoms. The number of ether oxygens (including phenoxy) is 2. The Balaban J connectivity index is 1.72. The molecule has 0 saturated heterocycles. The number of carbonyl (C=O) groups is 1. The molecule has 0 spiro atoms. The lowest BCUT2D eigenvalue weighted by atomic mass is 10.2. The number of halogens is 2. The first-order chi connectivity index (χ1) is 11.1. The molecule has 0 radical (unpaired) electrons. The van der Waals surface area contributed by atoms with E-state index in [-0.39, 0.29) is 5.91 Å². The molecule has 1 heterocycles. The molecule has 0 unspecified atom stereocenters. The van der Waals surface area contributed by atoms with Crippen LogP contribution < -0.4 is 14.8 Å². The van der Waals surface area contributed by atoms with Crippen LogP contribution in [-0.2, 0) is 4.79 Å². The Bertz CT molecular complexity index is 776. The molecule has 2 aromatic rings. The van der Waals surface area contributed by atoms with Crippen molar-refractivity contribution in [1.29, 1.82) is 0 Å². The zero-order chi connectivity index (χ0) is 16.2. The van der Waals surface area contributed by atoms with Gasteiger partial charge >= 0.3 is 0 Å². The Morgan fingerprint density at radius 3 is 2.65 bits per heavy atom. The van der Waals surface area contributed by atoms with Gasteiger partial charge in [-0.05, 0) is 39.7 Å². The molecule has 6 heteroatoms. The Kier molecular flexibility index (Phi) is 4.88. The van der Waals surface area contributed by atoms with Crippen molar-refractivity contribution in [3.63, 3.8) is 0 Å². The SMILES string of the molecule is O=C(/C=C/c1cccc(Cl)c1)Nc1cc2c(cc1Br)OCCO2. The van der Waals surface area contributed by atoms with Crippen molar-refractivity contribution in [3.05, 3.63) is 57.5 Å². The summed E-state index contributed by atoms with van der Waals surface area (Å²) in [5.41, 5.74) is 1.48. The first-order valence-corrected chi connectivity index (χ1v) is 8.13. The van der Waals surface area contributed by atoms with Crippen LogP contribution in [0.15, 0.2) is 46.9 Å². The van der Waals surface area contributed by atoms with Crippen LogP contribution in [0.5, 0.6) is 11.5 Å². The molecule has 0 bridgehead atoms. The van der Waals surface area contributed by atoms with E-state index in [1.807, 2.05) is 12.1 Å². The molecule has 0 atom stereocenters. The third-order valence-electron chi connectivity index (χ3n) is 3.17. The van der Waals surface area contributed by atoms with Crippen LogP contribution in [0.3, 0.4) is 0 Å². The van der Waals surface area contributed by atoms with Gasteiger partial charge in [-0.2, -0.15) is 0 Å². The van der Waals surface area contributed by atoms with E-state index in [1.54, 1.807) is 30.3 Å². The smallest absolute Gasteiger partial charge is 0.248 e. The largest absolute Gasteiger partial charge is 0.486 e. The highest BCUT2D eigenvalue weighted by Crippen LogP contribution is 2.38. The second kappa shape index (κ2) is 7.06. The van der Waals surface area contributed by atoms with Crippen LogP contribution in [-0.4, -0.2) is 19.1 Å². The van der Waals surface area contributed by atoms with Crippen molar-refractivity contribution in [2.45, 2.75) is 0 Å². The highest BCUT2D eigenvalue weighted by atomic mass is 79.9. The molecule has 0 aromatic heterocycles. The summed E-state index contributed by atoms with van der Waals surface area (Å²) >= 11 is 9.33. The summed E-state index contributed by atoms with van der Waals surface area (Å²) in [7, 11) is 0. The Hall–Kier alpha value is -1.98. The summed E-state index contributed by atoms with van der Waals surface area (Å²) < 4.78 is 11.7. The molecule has 0 saturated carbocycles. The maximum atomic E-state index is 12.1. The standard InChI is InChI=1S/C17H13BrClNO3/c18-13-9-15-16(23-7-6-22-15)10-14(13)20-17(21)5-4-11-2-1-3-12(19)8-11/h1-5,8-10H,6-7H2,(H,20,21)/b5-4+. The summed E-state index contributed by atoms with van der Waals surface area (Å²) in [6.07, 6.45) is 3.15. The van der Waals surface area contributed by atoms with Crippen LogP contribution in [0.2, 0.25) is 5.02 Å². The predicted molar refractivity (Wildman–Crippen MR) is 94.2 cm³/mol.